The Bertz CT molecular complexity index is 1150. The van der Waals surface area contributed by atoms with Gasteiger partial charge >= 0.3 is 6.18 Å². The highest BCUT2D eigenvalue weighted by molar-refractivity contribution is 6.24. The van der Waals surface area contributed by atoms with E-state index in [1.807, 2.05) is 0 Å². The summed E-state index contributed by atoms with van der Waals surface area (Å²) in [4.78, 5) is 27.8. The van der Waals surface area contributed by atoms with E-state index in [1.54, 1.807) is 60.7 Å². The Morgan fingerprint density at radius 1 is 0.867 bits per heavy atom. The van der Waals surface area contributed by atoms with E-state index in [2.05, 4.69) is 0 Å². The molecule has 5 rings (SSSR count). The smallest absolute Gasteiger partial charge is 0.339 e. The van der Waals surface area contributed by atoms with Gasteiger partial charge in [0, 0.05) is 11.4 Å². The van der Waals surface area contributed by atoms with E-state index in [9.17, 15) is 22.8 Å². The number of hydrogen-bond acceptors (Lipinski definition) is 2. The van der Waals surface area contributed by atoms with E-state index in [0.29, 0.717) is 11.3 Å². The Morgan fingerprint density at radius 3 is 2.07 bits per heavy atom. The third-order valence-electron chi connectivity index (χ3n) is 6.07. The molecule has 7 heteroatoms. The first-order valence-electron chi connectivity index (χ1n) is 9.57. The first kappa shape index (κ1) is 18.7. The minimum Gasteiger partial charge on any atom is -0.339 e. The van der Waals surface area contributed by atoms with E-state index >= 15 is 0 Å². The zero-order valence-corrected chi connectivity index (χ0v) is 15.9. The number of para-hydroxylation sites is 1. The molecule has 2 aromatic carbocycles. The Balaban J connectivity index is 1.72. The SMILES string of the molecule is Cc1c(C(F)(F)F)cc2n1C(c1ccccc1)C1C(=O)N(c3ccccc3)C(=O)C21. The van der Waals surface area contributed by atoms with Crippen LogP contribution < -0.4 is 4.90 Å². The average molecular weight is 410 g/mol. The lowest BCUT2D eigenvalue weighted by atomic mass is 9.86. The number of anilines is 1. The minimum absolute atomic E-state index is 0.0209. The Kier molecular flexibility index (Phi) is 3.93. The van der Waals surface area contributed by atoms with Crippen molar-refractivity contribution >= 4 is 17.5 Å². The molecule has 2 aliphatic rings. The fraction of sp³-hybridized carbons (Fsp3) is 0.217. The summed E-state index contributed by atoms with van der Waals surface area (Å²) in [5.41, 5.74) is 0.632. The Hall–Kier alpha value is -3.35. The predicted molar refractivity (Wildman–Crippen MR) is 104 cm³/mol. The molecule has 0 aliphatic carbocycles. The molecule has 0 bridgehead atoms. The van der Waals surface area contributed by atoms with Crippen LogP contribution in [-0.2, 0) is 15.8 Å². The van der Waals surface area contributed by atoms with Gasteiger partial charge in [-0.25, -0.2) is 4.90 Å². The van der Waals surface area contributed by atoms with Crippen LogP contribution in [0, 0.1) is 12.8 Å². The number of carbonyl (C=O) groups is 2. The highest BCUT2D eigenvalue weighted by atomic mass is 19.4. The number of aromatic nitrogens is 1. The summed E-state index contributed by atoms with van der Waals surface area (Å²) in [7, 11) is 0. The Morgan fingerprint density at radius 2 is 1.47 bits per heavy atom. The number of hydrogen-bond donors (Lipinski definition) is 0. The van der Waals surface area contributed by atoms with Gasteiger partial charge < -0.3 is 4.57 Å². The van der Waals surface area contributed by atoms with E-state index in [-0.39, 0.29) is 17.3 Å². The van der Waals surface area contributed by atoms with Crippen LogP contribution in [0.1, 0.15) is 34.5 Å². The molecule has 2 aliphatic heterocycles. The fourth-order valence-corrected chi connectivity index (χ4v) is 4.86. The normalized spacial score (nSPS) is 23.1. The summed E-state index contributed by atoms with van der Waals surface area (Å²) >= 11 is 0. The van der Waals surface area contributed by atoms with Crippen LogP contribution in [0.2, 0.25) is 0 Å². The first-order valence-corrected chi connectivity index (χ1v) is 9.57. The van der Waals surface area contributed by atoms with Gasteiger partial charge in [0.15, 0.2) is 0 Å². The van der Waals surface area contributed by atoms with Gasteiger partial charge in [0.2, 0.25) is 11.8 Å². The van der Waals surface area contributed by atoms with Crippen molar-refractivity contribution in [2.75, 3.05) is 4.90 Å². The number of carbonyl (C=O) groups excluding carboxylic acids is 2. The van der Waals surface area contributed by atoms with E-state index < -0.39 is 35.5 Å². The van der Waals surface area contributed by atoms with Gasteiger partial charge in [0.05, 0.1) is 29.1 Å². The lowest BCUT2D eigenvalue weighted by Gasteiger charge is -2.23. The zero-order valence-electron chi connectivity index (χ0n) is 15.9. The summed E-state index contributed by atoms with van der Waals surface area (Å²) in [5.74, 6) is -2.60. The van der Waals surface area contributed by atoms with Crippen molar-refractivity contribution in [3.63, 3.8) is 0 Å². The van der Waals surface area contributed by atoms with Crippen molar-refractivity contribution in [3.05, 3.63) is 89.2 Å². The molecule has 0 radical (unpaired) electrons. The van der Waals surface area contributed by atoms with Crippen LogP contribution >= 0.6 is 0 Å². The lowest BCUT2D eigenvalue weighted by Crippen LogP contribution is -2.33. The quantitative estimate of drug-likeness (QED) is 0.575. The molecule has 3 heterocycles. The molecule has 1 saturated heterocycles. The highest BCUT2D eigenvalue weighted by Gasteiger charge is 2.59. The standard InChI is InChI=1S/C23H17F3N2O2/c1-13-16(23(24,25)26)12-17-18-19(20(27(13)17)14-8-4-2-5-9-14)22(30)28(21(18)29)15-10-6-3-7-11-15/h2-12,18-20H,1H3. The summed E-state index contributed by atoms with van der Waals surface area (Å²) in [6, 6.07) is 17.8. The van der Waals surface area contributed by atoms with Crippen LogP contribution in [0.4, 0.5) is 18.9 Å². The molecule has 1 fully saturated rings. The van der Waals surface area contributed by atoms with E-state index in [1.165, 1.54) is 11.5 Å². The molecule has 4 nitrogen and oxygen atoms in total. The van der Waals surface area contributed by atoms with E-state index in [4.69, 9.17) is 0 Å². The third-order valence-corrected chi connectivity index (χ3v) is 6.07. The van der Waals surface area contributed by atoms with Crippen molar-refractivity contribution in [2.45, 2.75) is 25.1 Å². The molecule has 152 valence electrons. The number of nitrogens with zero attached hydrogens (tertiary/aromatic N) is 2. The summed E-state index contributed by atoms with van der Waals surface area (Å²) in [5, 5.41) is 0. The average Bonchev–Trinajstić information content (AvgIpc) is 3.32. The van der Waals surface area contributed by atoms with Gasteiger partial charge in [-0.2, -0.15) is 13.2 Å². The number of amides is 2. The van der Waals surface area contributed by atoms with Crippen molar-refractivity contribution in [3.8, 4) is 0 Å². The van der Waals surface area contributed by atoms with Crippen LogP contribution in [0.3, 0.4) is 0 Å². The summed E-state index contributed by atoms with van der Waals surface area (Å²) in [6.45, 7) is 1.40. The largest absolute Gasteiger partial charge is 0.418 e. The molecule has 30 heavy (non-hydrogen) atoms. The van der Waals surface area contributed by atoms with Crippen LogP contribution in [0.5, 0.6) is 0 Å². The fourth-order valence-electron chi connectivity index (χ4n) is 4.86. The van der Waals surface area contributed by atoms with Gasteiger partial charge in [0.25, 0.3) is 0 Å². The second kappa shape index (κ2) is 6.32. The number of imide groups is 1. The van der Waals surface area contributed by atoms with Crippen LogP contribution in [-0.4, -0.2) is 16.4 Å². The van der Waals surface area contributed by atoms with Gasteiger partial charge in [0.1, 0.15) is 0 Å². The number of halogens is 3. The van der Waals surface area contributed by atoms with Crippen molar-refractivity contribution < 1.29 is 22.8 Å². The lowest BCUT2D eigenvalue weighted by molar-refractivity contribution is -0.138. The summed E-state index contributed by atoms with van der Waals surface area (Å²) in [6.07, 6.45) is -4.54. The zero-order chi connectivity index (χ0) is 21.2. The van der Waals surface area contributed by atoms with Crippen molar-refractivity contribution in [1.82, 2.24) is 4.57 Å². The molecular formula is C23H17F3N2O2. The number of fused-ring (bicyclic) bond motifs is 3. The molecule has 1 aromatic heterocycles. The highest BCUT2D eigenvalue weighted by Crippen LogP contribution is 2.54. The van der Waals surface area contributed by atoms with Gasteiger partial charge in [-0.15, -0.1) is 0 Å². The summed E-state index contributed by atoms with van der Waals surface area (Å²) < 4.78 is 42.4. The molecule has 3 aromatic rings. The van der Waals surface area contributed by atoms with Gasteiger partial charge in [-0.1, -0.05) is 48.5 Å². The van der Waals surface area contributed by atoms with Crippen LogP contribution in [0.25, 0.3) is 0 Å². The minimum atomic E-state index is -4.54. The monoisotopic (exact) mass is 410 g/mol. The second-order valence-electron chi connectivity index (χ2n) is 7.64. The molecule has 0 spiro atoms. The number of benzene rings is 2. The second-order valence-corrected chi connectivity index (χ2v) is 7.64. The molecular weight excluding hydrogens is 393 g/mol. The third kappa shape index (κ3) is 2.47. The molecule has 3 unspecified atom stereocenters. The first-order chi connectivity index (χ1) is 14.3. The number of alkyl halides is 3. The maximum absolute atomic E-state index is 13.6. The van der Waals surface area contributed by atoms with E-state index in [0.717, 1.165) is 11.0 Å². The van der Waals surface area contributed by atoms with Crippen LogP contribution in [0.15, 0.2) is 66.7 Å². The van der Waals surface area contributed by atoms with Crippen molar-refractivity contribution in [2.24, 2.45) is 5.92 Å². The molecule has 0 N–H and O–H groups in total. The number of rotatable bonds is 2. The van der Waals surface area contributed by atoms with Gasteiger partial charge in [-0.3, -0.25) is 9.59 Å². The molecule has 0 saturated carbocycles. The topological polar surface area (TPSA) is 42.3 Å². The Labute approximate surface area is 170 Å². The maximum Gasteiger partial charge on any atom is 0.418 e. The van der Waals surface area contributed by atoms with Crippen molar-refractivity contribution in [1.29, 1.82) is 0 Å². The maximum atomic E-state index is 13.6. The van der Waals surface area contributed by atoms with Gasteiger partial charge in [-0.05, 0) is 30.7 Å². The molecule has 3 atom stereocenters. The molecule has 2 amide bonds. The predicted octanol–water partition coefficient (Wildman–Crippen LogP) is 4.69.